The molecule has 0 atom stereocenters. The van der Waals surface area contributed by atoms with Crippen molar-refractivity contribution in [2.24, 2.45) is 0 Å². The summed E-state index contributed by atoms with van der Waals surface area (Å²) < 4.78 is 10.3. The van der Waals surface area contributed by atoms with Crippen LogP contribution < -0.4 is 4.74 Å². The third-order valence-corrected chi connectivity index (χ3v) is 2.99. The Bertz CT molecular complexity index is 450. The number of rotatable bonds is 4. The van der Waals surface area contributed by atoms with Crippen molar-refractivity contribution in [3.63, 3.8) is 0 Å². The van der Waals surface area contributed by atoms with Crippen LogP contribution in [0.25, 0.3) is 0 Å². The summed E-state index contributed by atoms with van der Waals surface area (Å²) in [6.45, 7) is 6.07. The highest BCUT2D eigenvalue weighted by Crippen LogP contribution is 2.39. The number of hydrogen-bond donors (Lipinski definition) is 0. The van der Waals surface area contributed by atoms with Gasteiger partial charge in [0, 0.05) is 12.7 Å². The maximum absolute atomic E-state index is 11.3. The van der Waals surface area contributed by atoms with Crippen molar-refractivity contribution in [1.29, 1.82) is 0 Å². The minimum absolute atomic E-state index is 0.119. The topological polar surface area (TPSA) is 35.5 Å². The van der Waals surface area contributed by atoms with Gasteiger partial charge in [0.2, 0.25) is 0 Å². The maximum Gasteiger partial charge on any atom is 0.253 e. The van der Waals surface area contributed by atoms with E-state index in [1.807, 2.05) is 20.8 Å². The van der Waals surface area contributed by atoms with Crippen molar-refractivity contribution in [2.75, 3.05) is 13.9 Å². The maximum atomic E-state index is 11.3. The number of methoxy groups -OCH3 is 1. The molecule has 0 aromatic heterocycles. The van der Waals surface area contributed by atoms with Gasteiger partial charge in [-0.05, 0) is 29.1 Å². The molecule has 0 radical (unpaired) electrons. The van der Waals surface area contributed by atoms with E-state index in [-0.39, 0.29) is 17.8 Å². The molecular weight excluding hydrogens is 275 g/mol. The second kappa shape index (κ2) is 5.91. The fourth-order valence-corrected chi connectivity index (χ4v) is 2.38. The van der Waals surface area contributed by atoms with Gasteiger partial charge in [0.25, 0.3) is 5.24 Å². The zero-order valence-electron chi connectivity index (χ0n) is 10.8. The molecule has 0 saturated carbocycles. The van der Waals surface area contributed by atoms with E-state index < -0.39 is 5.24 Å². The van der Waals surface area contributed by atoms with Crippen molar-refractivity contribution in [3.05, 3.63) is 28.3 Å². The number of hydrogen-bond acceptors (Lipinski definition) is 3. The molecule has 0 amide bonds. The molecule has 18 heavy (non-hydrogen) atoms. The second-order valence-corrected chi connectivity index (χ2v) is 5.60. The van der Waals surface area contributed by atoms with Crippen LogP contribution in [0.2, 0.25) is 5.02 Å². The zero-order valence-corrected chi connectivity index (χ0v) is 12.4. The number of carbonyl (C=O) groups is 1. The lowest BCUT2D eigenvalue weighted by molar-refractivity contribution is 0.0498. The van der Waals surface area contributed by atoms with Crippen molar-refractivity contribution < 1.29 is 14.3 Å². The van der Waals surface area contributed by atoms with E-state index in [0.29, 0.717) is 10.8 Å². The molecule has 5 heteroatoms. The van der Waals surface area contributed by atoms with Crippen LogP contribution in [0.4, 0.5) is 0 Å². The SMILES string of the molecule is COCOc1ccc(C(=O)Cl)c(Cl)c1C(C)(C)C. The summed E-state index contributed by atoms with van der Waals surface area (Å²) in [5, 5.41) is -0.250. The van der Waals surface area contributed by atoms with E-state index in [9.17, 15) is 4.79 Å². The van der Waals surface area contributed by atoms with E-state index in [4.69, 9.17) is 32.7 Å². The van der Waals surface area contributed by atoms with Crippen LogP contribution in [-0.4, -0.2) is 19.1 Å². The molecule has 1 rings (SSSR count). The van der Waals surface area contributed by atoms with E-state index in [1.54, 1.807) is 12.1 Å². The molecule has 0 aliphatic rings. The number of ether oxygens (including phenoxy) is 2. The van der Waals surface area contributed by atoms with Gasteiger partial charge < -0.3 is 9.47 Å². The van der Waals surface area contributed by atoms with Crippen LogP contribution in [0.15, 0.2) is 12.1 Å². The largest absolute Gasteiger partial charge is 0.467 e. The van der Waals surface area contributed by atoms with Crippen molar-refractivity contribution in [1.82, 2.24) is 0 Å². The molecular formula is C13H16Cl2O3. The van der Waals surface area contributed by atoms with Crippen molar-refractivity contribution in [3.8, 4) is 5.75 Å². The highest BCUT2D eigenvalue weighted by atomic mass is 35.5. The van der Waals surface area contributed by atoms with Gasteiger partial charge in [-0.1, -0.05) is 32.4 Å². The average molecular weight is 291 g/mol. The summed E-state index contributed by atoms with van der Waals surface area (Å²) >= 11 is 11.7. The normalized spacial score (nSPS) is 11.4. The van der Waals surface area contributed by atoms with Gasteiger partial charge in [-0.2, -0.15) is 0 Å². The molecule has 0 heterocycles. The molecule has 1 aromatic rings. The van der Waals surface area contributed by atoms with Crippen LogP contribution >= 0.6 is 23.2 Å². The summed E-state index contributed by atoms with van der Waals surface area (Å²) in [6, 6.07) is 3.24. The molecule has 0 fully saturated rings. The average Bonchev–Trinajstić information content (AvgIpc) is 2.23. The monoisotopic (exact) mass is 290 g/mol. The van der Waals surface area contributed by atoms with E-state index in [2.05, 4.69) is 0 Å². The molecule has 0 N–H and O–H groups in total. The Labute approximate surface area is 117 Å². The van der Waals surface area contributed by atoms with E-state index in [1.165, 1.54) is 7.11 Å². The lowest BCUT2D eigenvalue weighted by Gasteiger charge is -2.24. The molecule has 0 aliphatic heterocycles. The third-order valence-electron chi connectivity index (χ3n) is 2.40. The molecule has 0 unspecified atom stereocenters. The van der Waals surface area contributed by atoms with Crippen LogP contribution in [0.3, 0.4) is 0 Å². The van der Waals surface area contributed by atoms with E-state index >= 15 is 0 Å². The van der Waals surface area contributed by atoms with Gasteiger partial charge in [0.15, 0.2) is 6.79 Å². The number of halogens is 2. The highest BCUT2D eigenvalue weighted by Gasteiger charge is 2.26. The van der Waals surface area contributed by atoms with E-state index in [0.717, 1.165) is 5.56 Å². The van der Waals surface area contributed by atoms with Crippen LogP contribution in [0.5, 0.6) is 5.75 Å². The Hall–Kier alpha value is -0.770. The summed E-state index contributed by atoms with van der Waals surface area (Å²) in [5.41, 5.74) is 0.753. The van der Waals surface area contributed by atoms with Crippen LogP contribution in [0.1, 0.15) is 36.7 Å². The first kappa shape index (κ1) is 15.3. The smallest absolute Gasteiger partial charge is 0.253 e. The lowest BCUT2D eigenvalue weighted by Crippen LogP contribution is -2.16. The summed E-state index contributed by atoms with van der Waals surface area (Å²) in [7, 11) is 1.54. The first-order valence-electron chi connectivity index (χ1n) is 5.43. The first-order valence-corrected chi connectivity index (χ1v) is 6.19. The first-order chi connectivity index (χ1) is 8.29. The molecule has 0 spiro atoms. The molecule has 0 bridgehead atoms. The van der Waals surface area contributed by atoms with Gasteiger partial charge in [-0.25, -0.2) is 0 Å². The minimum atomic E-state index is -0.580. The van der Waals surface area contributed by atoms with Gasteiger partial charge in [-0.15, -0.1) is 0 Å². The Morgan fingerprint density at radius 1 is 1.33 bits per heavy atom. The lowest BCUT2D eigenvalue weighted by atomic mass is 9.85. The predicted octanol–water partition coefficient (Wildman–Crippen LogP) is 4.00. The molecule has 0 saturated heterocycles. The summed E-state index contributed by atoms with van der Waals surface area (Å²) in [5.74, 6) is 0.594. The number of carbonyl (C=O) groups excluding carboxylic acids is 1. The van der Waals surface area contributed by atoms with Gasteiger partial charge in [0.05, 0.1) is 10.6 Å². The standard InChI is InChI=1S/C13H16Cl2O3/c1-13(2,3)10-9(18-7-17-4)6-5-8(11(10)14)12(15)16/h5-6H,7H2,1-4H3. The summed E-state index contributed by atoms with van der Waals surface area (Å²) in [6.07, 6.45) is 0. The minimum Gasteiger partial charge on any atom is -0.467 e. The molecule has 100 valence electrons. The highest BCUT2D eigenvalue weighted by molar-refractivity contribution is 6.68. The van der Waals surface area contributed by atoms with Crippen molar-refractivity contribution in [2.45, 2.75) is 26.2 Å². The van der Waals surface area contributed by atoms with Gasteiger partial charge in [0.1, 0.15) is 5.75 Å². The van der Waals surface area contributed by atoms with Crippen LogP contribution in [-0.2, 0) is 10.2 Å². The Balaban J connectivity index is 3.37. The fraction of sp³-hybridized carbons (Fsp3) is 0.462. The molecule has 1 aromatic carbocycles. The quantitative estimate of drug-likeness (QED) is 0.621. The Morgan fingerprint density at radius 2 is 1.94 bits per heavy atom. The second-order valence-electron chi connectivity index (χ2n) is 4.87. The van der Waals surface area contributed by atoms with Crippen LogP contribution in [0, 0.1) is 0 Å². The number of benzene rings is 1. The van der Waals surface area contributed by atoms with Crippen molar-refractivity contribution >= 4 is 28.4 Å². The predicted molar refractivity (Wildman–Crippen MR) is 72.8 cm³/mol. The van der Waals surface area contributed by atoms with Gasteiger partial charge >= 0.3 is 0 Å². The third kappa shape index (κ3) is 3.37. The van der Waals surface area contributed by atoms with Gasteiger partial charge in [-0.3, -0.25) is 4.79 Å². The zero-order chi connectivity index (χ0) is 13.9. The summed E-state index contributed by atoms with van der Waals surface area (Å²) in [4.78, 5) is 11.3. The Kier molecular flexibility index (Phi) is 5.02. The Morgan fingerprint density at radius 3 is 2.39 bits per heavy atom. The molecule has 0 aliphatic carbocycles. The molecule has 3 nitrogen and oxygen atoms in total. The fourth-order valence-electron chi connectivity index (χ4n) is 1.65.